The first kappa shape index (κ1) is 13.8. The number of hydrogen-bond donors (Lipinski definition) is 1. The van der Waals surface area contributed by atoms with E-state index in [0.717, 1.165) is 5.56 Å². The van der Waals surface area contributed by atoms with Crippen molar-refractivity contribution in [3.05, 3.63) is 53.6 Å². The lowest BCUT2D eigenvalue weighted by molar-refractivity contribution is 0.0715. The molecule has 2 aromatic rings. The van der Waals surface area contributed by atoms with Gasteiger partial charge in [0.1, 0.15) is 5.82 Å². The lowest BCUT2D eigenvalue weighted by atomic mass is 10.0. The molecule has 1 fully saturated rings. The van der Waals surface area contributed by atoms with Gasteiger partial charge in [0.25, 0.3) is 5.91 Å². The number of aliphatic hydroxyl groups is 1. The van der Waals surface area contributed by atoms with Gasteiger partial charge < -0.3 is 10.0 Å². The predicted octanol–water partition coefficient (Wildman–Crippen LogP) is 1.51. The first-order chi connectivity index (χ1) is 10.0. The van der Waals surface area contributed by atoms with E-state index in [0.29, 0.717) is 12.0 Å². The third kappa shape index (κ3) is 2.67. The number of nitrogens with zero attached hydrogens (tertiary/aromatic N) is 3. The summed E-state index contributed by atoms with van der Waals surface area (Å²) in [6.07, 6.45) is 3.04. The molecule has 1 N–H and O–H groups in total. The van der Waals surface area contributed by atoms with Crippen molar-refractivity contribution in [1.29, 1.82) is 0 Å². The second-order valence-corrected chi connectivity index (χ2v) is 5.32. The van der Waals surface area contributed by atoms with Crippen molar-refractivity contribution in [3.8, 4) is 0 Å². The van der Waals surface area contributed by atoms with Crippen LogP contribution in [0.3, 0.4) is 0 Å². The van der Waals surface area contributed by atoms with E-state index in [9.17, 15) is 14.3 Å². The molecule has 2 atom stereocenters. The zero-order chi connectivity index (χ0) is 15.0. The van der Waals surface area contributed by atoms with Gasteiger partial charge >= 0.3 is 0 Å². The van der Waals surface area contributed by atoms with Gasteiger partial charge in [-0.15, -0.1) is 0 Å². The van der Waals surface area contributed by atoms with Gasteiger partial charge in [0.2, 0.25) is 0 Å². The predicted molar refractivity (Wildman–Crippen MR) is 74.0 cm³/mol. The number of carbonyl (C=O) groups excluding carboxylic acids is 1. The Balaban J connectivity index is 1.88. The van der Waals surface area contributed by atoms with Crippen molar-refractivity contribution < 1.29 is 14.3 Å². The van der Waals surface area contributed by atoms with E-state index in [1.54, 1.807) is 35.0 Å². The van der Waals surface area contributed by atoms with Crippen LogP contribution >= 0.6 is 0 Å². The maximum Gasteiger partial charge on any atom is 0.257 e. The molecule has 1 amide bonds. The van der Waals surface area contributed by atoms with E-state index in [4.69, 9.17) is 0 Å². The van der Waals surface area contributed by atoms with Gasteiger partial charge in [0, 0.05) is 19.8 Å². The number of aromatic nitrogens is 2. The molecule has 110 valence electrons. The monoisotopic (exact) mass is 289 g/mol. The van der Waals surface area contributed by atoms with E-state index in [2.05, 4.69) is 5.10 Å². The van der Waals surface area contributed by atoms with E-state index in [1.165, 1.54) is 18.3 Å². The second-order valence-electron chi connectivity index (χ2n) is 5.32. The molecule has 2 unspecified atom stereocenters. The maximum atomic E-state index is 13.0. The Morgan fingerprint density at radius 1 is 1.38 bits per heavy atom. The third-order valence-corrected chi connectivity index (χ3v) is 3.75. The lowest BCUT2D eigenvalue weighted by Crippen LogP contribution is -2.31. The molecule has 6 heteroatoms. The smallest absolute Gasteiger partial charge is 0.257 e. The Morgan fingerprint density at radius 3 is 2.71 bits per heavy atom. The minimum absolute atomic E-state index is 0.172. The number of amides is 1. The first-order valence-corrected chi connectivity index (χ1v) is 6.78. The number of rotatable bonds is 2. The van der Waals surface area contributed by atoms with Crippen molar-refractivity contribution >= 4 is 5.91 Å². The number of benzene rings is 1. The zero-order valence-corrected chi connectivity index (χ0v) is 11.6. The molecular formula is C15H16FN3O2. The van der Waals surface area contributed by atoms with Crippen LogP contribution in [0, 0.1) is 5.82 Å². The molecule has 2 heterocycles. The molecule has 3 rings (SSSR count). The highest BCUT2D eigenvalue weighted by Crippen LogP contribution is 2.33. The van der Waals surface area contributed by atoms with Crippen LogP contribution in [0.4, 0.5) is 4.39 Å². The van der Waals surface area contributed by atoms with Crippen molar-refractivity contribution in [2.24, 2.45) is 7.05 Å². The Bertz CT molecular complexity index is 653. The summed E-state index contributed by atoms with van der Waals surface area (Å²) in [5.74, 6) is -0.489. The normalized spacial score (nSPS) is 21.8. The molecule has 1 aliphatic rings. The molecule has 0 spiro atoms. The Kier molecular flexibility index (Phi) is 3.47. The number of hydrogen-bond acceptors (Lipinski definition) is 3. The SMILES string of the molecule is Cn1cc(C(=O)N2CC(O)CC2c2ccc(F)cc2)cn1. The lowest BCUT2D eigenvalue weighted by Gasteiger charge is -2.24. The molecule has 0 bridgehead atoms. The van der Waals surface area contributed by atoms with E-state index >= 15 is 0 Å². The Hall–Kier alpha value is -2.21. The van der Waals surface area contributed by atoms with Crippen molar-refractivity contribution in [2.45, 2.75) is 18.6 Å². The fraction of sp³-hybridized carbons (Fsp3) is 0.333. The van der Waals surface area contributed by atoms with Crippen LogP contribution in [0.2, 0.25) is 0 Å². The molecule has 1 saturated heterocycles. The molecule has 1 aromatic heterocycles. The average molecular weight is 289 g/mol. The second kappa shape index (κ2) is 5.29. The first-order valence-electron chi connectivity index (χ1n) is 6.78. The third-order valence-electron chi connectivity index (χ3n) is 3.75. The quantitative estimate of drug-likeness (QED) is 0.911. The highest BCUT2D eigenvalue weighted by molar-refractivity contribution is 5.94. The van der Waals surface area contributed by atoms with Gasteiger partial charge in [0.15, 0.2) is 0 Å². The maximum absolute atomic E-state index is 13.0. The van der Waals surface area contributed by atoms with Gasteiger partial charge in [-0.3, -0.25) is 9.48 Å². The van der Waals surface area contributed by atoms with Crippen molar-refractivity contribution in [2.75, 3.05) is 6.54 Å². The fourth-order valence-electron chi connectivity index (χ4n) is 2.74. The van der Waals surface area contributed by atoms with Crippen molar-refractivity contribution in [1.82, 2.24) is 14.7 Å². The molecular weight excluding hydrogens is 273 g/mol. The number of β-amino-alcohol motifs (C(OH)–C–C–N with tert-alkyl or cyclic N) is 1. The van der Waals surface area contributed by atoms with E-state index in [1.807, 2.05) is 0 Å². The summed E-state index contributed by atoms with van der Waals surface area (Å²) in [5, 5.41) is 13.9. The number of carbonyl (C=O) groups is 1. The minimum Gasteiger partial charge on any atom is -0.391 e. The molecule has 1 aromatic carbocycles. The summed E-state index contributed by atoms with van der Waals surface area (Å²) in [4.78, 5) is 14.2. The molecule has 0 aliphatic carbocycles. The van der Waals surface area contributed by atoms with Crippen LogP contribution in [0.5, 0.6) is 0 Å². The summed E-state index contributed by atoms with van der Waals surface area (Å²) in [5.41, 5.74) is 1.31. The van der Waals surface area contributed by atoms with Crippen LogP contribution in [0.25, 0.3) is 0 Å². The highest BCUT2D eigenvalue weighted by atomic mass is 19.1. The number of halogens is 1. The summed E-state index contributed by atoms with van der Waals surface area (Å²) < 4.78 is 14.6. The van der Waals surface area contributed by atoms with Crippen LogP contribution in [-0.2, 0) is 7.05 Å². The van der Waals surface area contributed by atoms with E-state index in [-0.39, 0.29) is 24.3 Å². The Morgan fingerprint density at radius 2 is 2.10 bits per heavy atom. The summed E-state index contributed by atoms with van der Waals surface area (Å²) in [7, 11) is 1.74. The summed E-state index contributed by atoms with van der Waals surface area (Å²) >= 11 is 0. The van der Waals surface area contributed by atoms with Crippen LogP contribution < -0.4 is 0 Å². The number of aryl methyl sites for hydroxylation is 1. The number of likely N-dealkylation sites (tertiary alicyclic amines) is 1. The minimum atomic E-state index is -0.569. The summed E-state index contributed by atoms with van der Waals surface area (Å²) in [6, 6.07) is 5.80. The van der Waals surface area contributed by atoms with Gasteiger partial charge in [-0.2, -0.15) is 5.10 Å². The molecule has 21 heavy (non-hydrogen) atoms. The van der Waals surface area contributed by atoms with Crippen LogP contribution in [0.15, 0.2) is 36.7 Å². The molecule has 5 nitrogen and oxygen atoms in total. The van der Waals surface area contributed by atoms with Crippen LogP contribution in [-0.4, -0.2) is 38.3 Å². The van der Waals surface area contributed by atoms with Gasteiger partial charge in [0.05, 0.1) is 23.9 Å². The molecule has 0 radical (unpaired) electrons. The van der Waals surface area contributed by atoms with E-state index < -0.39 is 6.10 Å². The topological polar surface area (TPSA) is 58.4 Å². The van der Waals surface area contributed by atoms with Gasteiger partial charge in [-0.05, 0) is 24.1 Å². The highest BCUT2D eigenvalue weighted by Gasteiger charge is 2.36. The van der Waals surface area contributed by atoms with Gasteiger partial charge in [-0.1, -0.05) is 12.1 Å². The zero-order valence-electron chi connectivity index (χ0n) is 11.6. The standard InChI is InChI=1S/C15H16FN3O2/c1-18-8-11(7-17-18)15(21)19-9-13(20)6-14(19)10-2-4-12(16)5-3-10/h2-5,7-8,13-14,20H,6,9H2,1H3. The van der Waals surface area contributed by atoms with Crippen LogP contribution in [0.1, 0.15) is 28.4 Å². The fourth-order valence-corrected chi connectivity index (χ4v) is 2.74. The van der Waals surface area contributed by atoms with Gasteiger partial charge in [-0.25, -0.2) is 4.39 Å². The van der Waals surface area contributed by atoms with Crippen molar-refractivity contribution in [3.63, 3.8) is 0 Å². The summed E-state index contributed by atoms with van der Waals surface area (Å²) in [6.45, 7) is 0.274. The largest absolute Gasteiger partial charge is 0.391 e. The average Bonchev–Trinajstić information content (AvgIpc) is 3.05. The Labute approximate surface area is 121 Å². The number of aliphatic hydroxyl groups excluding tert-OH is 1. The molecule has 1 aliphatic heterocycles. The molecule has 0 saturated carbocycles.